The van der Waals surface area contributed by atoms with Crippen LogP contribution in [0, 0.1) is 12.8 Å². The van der Waals surface area contributed by atoms with Crippen LogP contribution in [-0.2, 0) is 9.53 Å². The first-order valence-electron chi connectivity index (χ1n) is 7.43. The van der Waals surface area contributed by atoms with Gasteiger partial charge in [-0.05, 0) is 25.5 Å². The Bertz CT molecular complexity index is 881. The van der Waals surface area contributed by atoms with Crippen molar-refractivity contribution in [1.29, 1.82) is 0 Å². The molecule has 0 spiro atoms. The average Bonchev–Trinajstić information content (AvgIpc) is 2.99. The second kappa shape index (κ2) is 6.23. The number of hydrogen-bond donors (Lipinski definition) is 1. The lowest BCUT2D eigenvalue weighted by molar-refractivity contribution is -0.121. The summed E-state index contributed by atoms with van der Waals surface area (Å²) < 4.78 is 6.83. The number of allylic oxidation sites excluding steroid dienone is 1. The van der Waals surface area contributed by atoms with Crippen molar-refractivity contribution in [3.8, 4) is 0 Å². The predicted octanol–water partition coefficient (Wildman–Crippen LogP) is 0.915. The maximum absolute atomic E-state index is 12.4. The number of fused-ring (bicyclic) bond motifs is 1. The lowest BCUT2D eigenvalue weighted by Gasteiger charge is -2.20. The highest BCUT2D eigenvalue weighted by Gasteiger charge is 2.28. The van der Waals surface area contributed by atoms with Crippen LogP contribution < -0.4 is 5.32 Å². The summed E-state index contributed by atoms with van der Waals surface area (Å²) in [4.78, 5) is 32.7. The number of nitrogens with zero attached hydrogens (tertiary/aromatic N) is 4. The minimum absolute atomic E-state index is 0.0969. The SMILES string of the molecule is COC1=CC(C)=NC(=O)C1CNC(=O)c1nc2ccnn2cc1C. The Labute approximate surface area is 138 Å². The molecule has 2 aromatic rings. The number of aliphatic imine (C=N–C) groups is 1. The van der Waals surface area contributed by atoms with Gasteiger partial charge in [0.15, 0.2) is 5.65 Å². The molecule has 0 saturated carbocycles. The van der Waals surface area contributed by atoms with Crippen LogP contribution in [-0.4, -0.2) is 45.8 Å². The highest BCUT2D eigenvalue weighted by atomic mass is 16.5. The molecule has 124 valence electrons. The number of hydrogen-bond acceptors (Lipinski definition) is 5. The van der Waals surface area contributed by atoms with E-state index >= 15 is 0 Å². The number of nitrogens with one attached hydrogen (secondary N) is 1. The van der Waals surface area contributed by atoms with Crippen LogP contribution in [0.2, 0.25) is 0 Å². The number of ether oxygens (including phenoxy) is 1. The van der Waals surface area contributed by atoms with Crippen molar-refractivity contribution in [2.24, 2.45) is 10.9 Å². The number of rotatable bonds is 4. The Hall–Kier alpha value is -3.03. The van der Waals surface area contributed by atoms with Gasteiger partial charge in [-0.15, -0.1) is 0 Å². The van der Waals surface area contributed by atoms with Crippen LogP contribution >= 0.6 is 0 Å². The highest BCUT2D eigenvalue weighted by molar-refractivity contribution is 6.05. The van der Waals surface area contributed by atoms with Crippen LogP contribution in [0.4, 0.5) is 0 Å². The maximum Gasteiger partial charge on any atom is 0.270 e. The molecule has 0 aliphatic carbocycles. The fourth-order valence-corrected chi connectivity index (χ4v) is 2.55. The van der Waals surface area contributed by atoms with E-state index in [9.17, 15) is 9.59 Å². The molecule has 0 aromatic carbocycles. The average molecular weight is 327 g/mol. The number of dihydropyridines is 1. The zero-order chi connectivity index (χ0) is 17.3. The van der Waals surface area contributed by atoms with Gasteiger partial charge in [0.05, 0.1) is 13.3 Å². The summed E-state index contributed by atoms with van der Waals surface area (Å²) in [5, 5.41) is 6.81. The second-order valence-corrected chi connectivity index (χ2v) is 5.51. The van der Waals surface area contributed by atoms with E-state index in [-0.39, 0.29) is 18.4 Å². The summed E-state index contributed by atoms with van der Waals surface area (Å²) in [6.45, 7) is 3.60. The summed E-state index contributed by atoms with van der Waals surface area (Å²) in [6.07, 6.45) is 5.04. The van der Waals surface area contributed by atoms with Gasteiger partial charge in [-0.1, -0.05) is 0 Å². The largest absolute Gasteiger partial charge is 0.500 e. The molecule has 8 heteroatoms. The number of aryl methyl sites for hydroxylation is 1. The Morgan fingerprint density at radius 3 is 2.96 bits per heavy atom. The number of aromatic nitrogens is 3. The molecule has 2 amide bonds. The van der Waals surface area contributed by atoms with Crippen molar-refractivity contribution in [1.82, 2.24) is 19.9 Å². The second-order valence-electron chi connectivity index (χ2n) is 5.51. The molecule has 3 rings (SSSR count). The van der Waals surface area contributed by atoms with E-state index in [0.717, 1.165) is 0 Å². The van der Waals surface area contributed by atoms with Crippen LogP contribution in [0.3, 0.4) is 0 Å². The smallest absolute Gasteiger partial charge is 0.270 e. The minimum atomic E-state index is -0.623. The van der Waals surface area contributed by atoms with Crippen LogP contribution in [0.5, 0.6) is 0 Å². The molecular weight excluding hydrogens is 310 g/mol. The van der Waals surface area contributed by atoms with E-state index in [1.807, 2.05) is 0 Å². The van der Waals surface area contributed by atoms with Gasteiger partial charge in [0.25, 0.3) is 11.8 Å². The van der Waals surface area contributed by atoms with Crippen molar-refractivity contribution in [2.75, 3.05) is 13.7 Å². The van der Waals surface area contributed by atoms with Gasteiger partial charge in [-0.2, -0.15) is 5.10 Å². The van der Waals surface area contributed by atoms with E-state index < -0.39 is 5.92 Å². The Kier molecular flexibility index (Phi) is 4.11. The predicted molar refractivity (Wildman–Crippen MR) is 86.8 cm³/mol. The number of methoxy groups -OCH3 is 1. The lowest BCUT2D eigenvalue weighted by atomic mass is 10.0. The topological polar surface area (TPSA) is 97.9 Å². The van der Waals surface area contributed by atoms with E-state index in [1.165, 1.54) is 7.11 Å². The highest BCUT2D eigenvalue weighted by Crippen LogP contribution is 2.18. The van der Waals surface area contributed by atoms with Gasteiger partial charge >= 0.3 is 0 Å². The van der Waals surface area contributed by atoms with Crippen molar-refractivity contribution in [3.63, 3.8) is 0 Å². The summed E-state index contributed by atoms with van der Waals surface area (Å²) in [6, 6.07) is 1.71. The maximum atomic E-state index is 12.4. The zero-order valence-corrected chi connectivity index (χ0v) is 13.6. The molecule has 1 N–H and O–H groups in total. The third-order valence-corrected chi connectivity index (χ3v) is 3.76. The third-order valence-electron chi connectivity index (χ3n) is 3.76. The summed E-state index contributed by atoms with van der Waals surface area (Å²) in [5.74, 6) is -0.820. The standard InChI is InChI=1S/C16H17N5O3/c1-9-8-21-13(4-5-18-21)20-14(9)16(23)17-7-11-12(24-3)6-10(2)19-15(11)22/h4-6,8,11H,7H2,1-3H3,(H,17,23). The van der Waals surface area contributed by atoms with Crippen LogP contribution in [0.15, 0.2) is 35.3 Å². The Balaban J connectivity index is 1.76. The van der Waals surface area contributed by atoms with E-state index in [0.29, 0.717) is 28.4 Å². The Morgan fingerprint density at radius 1 is 1.42 bits per heavy atom. The van der Waals surface area contributed by atoms with Crippen molar-refractivity contribution < 1.29 is 14.3 Å². The molecule has 8 nitrogen and oxygen atoms in total. The Morgan fingerprint density at radius 2 is 2.21 bits per heavy atom. The van der Waals surface area contributed by atoms with Gasteiger partial charge in [0, 0.05) is 24.5 Å². The quantitative estimate of drug-likeness (QED) is 0.900. The molecule has 0 radical (unpaired) electrons. The van der Waals surface area contributed by atoms with E-state index in [1.54, 1.807) is 42.9 Å². The van der Waals surface area contributed by atoms with Gasteiger partial charge in [-0.25, -0.2) is 14.5 Å². The third kappa shape index (κ3) is 2.90. The lowest BCUT2D eigenvalue weighted by Crippen LogP contribution is -2.36. The number of amides is 2. The monoisotopic (exact) mass is 327 g/mol. The van der Waals surface area contributed by atoms with Gasteiger partial charge in [-0.3, -0.25) is 9.59 Å². The van der Waals surface area contributed by atoms with Crippen molar-refractivity contribution >= 4 is 23.2 Å². The molecule has 1 aliphatic rings. The van der Waals surface area contributed by atoms with Gasteiger partial charge in [0.1, 0.15) is 17.4 Å². The first-order chi connectivity index (χ1) is 11.5. The molecule has 24 heavy (non-hydrogen) atoms. The molecule has 2 aromatic heterocycles. The fraction of sp³-hybridized carbons (Fsp3) is 0.312. The minimum Gasteiger partial charge on any atom is -0.500 e. The van der Waals surface area contributed by atoms with Crippen molar-refractivity contribution in [2.45, 2.75) is 13.8 Å². The molecular formula is C16H17N5O3. The van der Waals surface area contributed by atoms with Gasteiger partial charge in [0.2, 0.25) is 0 Å². The first-order valence-corrected chi connectivity index (χ1v) is 7.43. The molecule has 1 atom stereocenters. The molecule has 1 unspecified atom stereocenters. The normalized spacial score (nSPS) is 17.5. The zero-order valence-electron chi connectivity index (χ0n) is 13.6. The molecule has 0 saturated heterocycles. The summed E-state index contributed by atoms with van der Waals surface area (Å²) in [5.41, 5.74) is 2.16. The molecule has 0 bridgehead atoms. The van der Waals surface area contributed by atoms with Crippen molar-refractivity contribution in [3.05, 3.63) is 41.6 Å². The van der Waals surface area contributed by atoms with Gasteiger partial charge < -0.3 is 10.1 Å². The summed E-state index contributed by atoms with van der Waals surface area (Å²) in [7, 11) is 1.49. The number of carbonyl (C=O) groups is 2. The van der Waals surface area contributed by atoms with E-state index in [2.05, 4.69) is 20.4 Å². The molecule has 0 fully saturated rings. The van der Waals surface area contributed by atoms with Crippen LogP contribution in [0.25, 0.3) is 5.65 Å². The first kappa shape index (κ1) is 15.9. The molecule has 1 aliphatic heterocycles. The number of carbonyl (C=O) groups excluding carboxylic acids is 2. The summed E-state index contributed by atoms with van der Waals surface area (Å²) >= 11 is 0. The molecule has 3 heterocycles. The van der Waals surface area contributed by atoms with Crippen LogP contribution in [0.1, 0.15) is 23.0 Å². The van der Waals surface area contributed by atoms with E-state index in [4.69, 9.17) is 4.74 Å². The fourth-order valence-electron chi connectivity index (χ4n) is 2.55.